The molecule has 0 aliphatic carbocycles. The third kappa shape index (κ3) is 2.68. The SMILES string of the molecule is COc1ccc(CN2CC(O)CC2(C)C)cc1C. The first-order valence-corrected chi connectivity index (χ1v) is 6.49. The summed E-state index contributed by atoms with van der Waals surface area (Å²) in [5, 5.41) is 9.79. The monoisotopic (exact) mass is 249 g/mol. The van der Waals surface area contributed by atoms with E-state index >= 15 is 0 Å². The Morgan fingerprint density at radius 1 is 1.44 bits per heavy atom. The van der Waals surface area contributed by atoms with E-state index in [9.17, 15) is 5.11 Å². The number of benzene rings is 1. The zero-order chi connectivity index (χ0) is 13.3. The van der Waals surface area contributed by atoms with Gasteiger partial charge in [0, 0.05) is 18.6 Å². The third-order valence-corrected chi connectivity index (χ3v) is 3.86. The minimum absolute atomic E-state index is 0.0766. The number of nitrogens with zero attached hydrogens (tertiary/aromatic N) is 1. The lowest BCUT2D eigenvalue weighted by atomic mass is 10.0. The van der Waals surface area contributed by atoms with Gasteiger partial charge in [0.15, 0.2) is 0 Å². The van der Waals surface area contributed by atoms with Gasteiger partial charge < -0.3 is 9.84 Å². The zero-order valence-electron chi connectivity index (χ0n) is 11.7. The van der Waals surface area contributed by atoms with E-state index in [-0.39, 0.29) is 11.6 Å². The van der Waals surface area contributed by atoms with Crippen LogP contribution in [0.15, 0.2) is 18.2 Å². The third-order valence-electron chi connectivity index (χ3n) is 3.86. The number of ether oxygens (including phenoxy) is 1. The largest absolute Gasteiger partial charge is 0.496 e. The summed E-state index contributed by atoms with van der Waals surface area (Å²) in [6.45, 7) is 8.10. The number of rotatable bonds is 3. The van der Waals surface area contributed by atoms with Gasteiger partial charge in [0.25, 0.3) is 0 Å². The van der Waals surface area contributed by atoms with Gasteiger partial charge in [-0.15, -0.1) is 0 Å². The van der Waals surface area contributed by atoms with Crippen molar-refractivity contribution in [2.75, 3.05) is 13.7 Å². The fourth-order valence-corrected chi connectivity index (χ4v) is 2.81. The van der Waals surface area contributed by atoms with Crippen molar-refractivity contribution >= 4 is 0 Å². The van der Waals surface area contributed by atoms with Crippen LogP contribution in [0.1, 0.15) is 31.4 Å². The van der Waals surface area contributed by atoms with E-state index < -0.39 is 0 Å². The van der Waals surface area contributed by atoms with Crippen LogP contribution < -0.4 is 4.74 Å². The molecule has 1 heterocycles. The lowest BCUT2D eigenvalue weighted by molar-refractivity contribution is 0.156. The van der Waals surface area contributed by atoms with Crippen LogP contribution in [0.4, 0.5) is 0 Å². The molecule has 1 N–H and O–H groups in total. The van der Waals surface area contributed by atoms with Crippen LogP contribution in [0.2, 0.25) is 0 Å². The van der Waals surface area contributed by atoms with Crippen LogP contribution in [-0.4, -0.2) is 35.3 Å². The van der Waals surface area contributed by atoms with Crippen LogP contribution >= 0.6 is 0 Å². The van der Waals surface area contributed by atoms with Gasteiger partial charge in [-0.05, 0) is 44.4 Å². The van der Waals surface area contributed by atoms with Gasteiger partial charge >= 0.3 is 0 Å². The molecular weight excluding hydrogens is 226 g/mol. The number of methoxy groups -OCH3 is 1. The smallest absolute Gasteiger partial charge is 0.121 e. The molecule has 1 saturated heterocycles. The molecular formula is C15H23NO2. The predicted octanol–water partition coefficient (Wildman–Crippen LogP) is 2.35. The Bertz CT molecular complexity index is 429. The molecule has 0 spiro atoms. The number of aliphatic hydroxyl groups excluding tert-OH is 1. The van der Waals surface area contributed by atoms with E-state index in [0.717, 1.165) is 30.8 Å². The van der Waals surface area contributed by atoms with Gasteiger partial charge in [-0.3, -0.25) is 4.90 Å². The molecule has 0 amide bonds. The summed E-state index contributed by atoms with van der Waals surface area (Å²) in [5.74, 6) is 0.930. The van der Waals surface area contributed by atoms with E-state index in [1.165, 1.54) is 5.56 Å². The van der Waals surface area contributed by atoms with Gasteiger partial charge in [-0.25, -0.2) is 0 Å². The predicted molar refractivity (Wildman–Crippen MR) is 72.8 cm³/mol. The van der Waals surface area contributed by atoms with E-state index in [0.29, 0.717) is 0 Å². The number of β-amino-alcohol motifs (C(OH)–C–C–N with tert-alkyl or cyclic N) is 1. The molecule has 0 bridgehead atoms. The Kier molecular flexibility index (Phi) is 3.64. The Morgan fingerprint density at radius 2 is 2.17 bits per heavy atom. The lowest BCUT2D eigenvalue weighted by Gasteiger charge is -2.31. The summed E-state index contributed by atoms with van der Waals surface area (Å²) in [5.41, 5.74) is 2.51. The molecule has 2 rings (SSSR count). The van der Waals surface area contributed by atoms with Gasteiger partial charge in [-0.1, -0.05) is 12.1 Å². The molecule has 1 aliphatic rings. The maximum Gasteiger partial charge on any atom is 0.121 e. The van der Waals surface area contributed by atoms with E-state index in [2.05, 4.69) is 37.8 Å². The molecule has 1 aromatic carbocycles. The molecule has 18 heavy (non-hydrogen) atoms. The Labute approximate surface area is 109 Å². The van der Waals surface area contributed by atoms with Crippen molar-refractivity contribution in [1.82, 2.24) is 4.90 Å². The Balaban J connectivity index is 2.12. The normalized spacial score (nSPS) is 23.3. The molecule has 3 nitrogen and oxygen atoms in total. The van der Waals surface area contributed by atoms with Crippen molar-refractivity contribution in [1.29, 1.82) is 0 Å². The molecule has 0 radical (unpaired) electrons. The van der Waals surface area contributed by atoms with E-state index in [4.69, 9.17) is 4.74 Å². The summed E-state index contributed by atoms with van der Waals surface area (Å²) < 4.78 is 5.27. The molecule has 1 atom stereocenters. The summed E-state index contributed by atoms with van der Waals surface area (Å²) in [7, 11) is 1.70. The zero-order valence-corrected chi connectivity index (χ0v) is 11.7. The highest BCUT2D eigenvalue weighted by Crippen LogP contribution is 2.30. The summed E-state index contributed by atoms with van der Waals surface area (Å²) >= 11 is 0. The Hall–Kier alpha value is -1.06. The molecule has 3 heteroatoms. The summed E-state index contributed by atoms with van der Waals surface area (Å²) in [6.07, 6.45) is 0.654. The van der Waals surface area contributed by atoms with Crippen molar-refractivity contribution in [3.05, 3.63) is 29.3 Å². The molecule has 1 unspecified atom stereocenters. The second-order valence-electron chi connectivity index (χ2n) is 5.85. The quantitative estimate of drug-likeness (QED) is 0.892. The molecule has 1 aromatic rings. The molecule has 100 valence electrons. The average Bonchev–Trinajstić information content (AvgIpc) is 2.52. The van der Waals surface area contributed by atoms with Gasteiger partial charge in [0.1, 0.15) is 5.75 Å². The van der Waals surface area contributed by atoms with Crippen LogP contribution in [0.5, 0.6) is 5.75 Å². The van der Waals surface area contributed by atoms with Crippen LogP contribution in [0, 0.1) is 6.92 Å². The first kappa shape index (κ1) is 13.4. The molecule has 0 saturated carbocycles. The van der Waals surface area contributed by atoms with E-state index in [1.54, 1.807) is 7.11 Å². The number of aryl methyl sites for hydroxylation is 1. The minimum Gasteiger partial charge on any atom is -0.496 e. The van der Waals surface area contributed by atoms with Crippen LogP contribution in [-0.2, 0) is 6.54 Å². The van der Waals surface area contributed by atoms with Crippen molar-refractivity contribution < 1.29 is 9.84 Å². The number of likely N-dealkylation sites (tertiary alicyclic amines) is 1. The van der Waals surface area contributed by atoms with Crippen LogP contribution in [0.3, 0.4) is 0 Å². The van der Waals surface area contributed by atoms with E-state index in [1.807, 2.05) is 6.07 Å². The van der Waals surface area contributed by atoms with Crippen molar-refractivity contribution in [2.24, 2.45) is 0 Å². The lowest BCUT2D eigenvalue weighted by Crippen LogP contribution is -2.37. The second kappa shape index (κ2) is 4.90. The fourth-order valence-electron chi connectivity index (χ4n) is 2.81. The highest BCUT2D eigenvalue weighted by molar-refractivity contribution is 5.36. The standard InChI is InChI=1S/C15H23NO2/c1-11-7-12(5-6-14(11)18-4)9-16-10-13(17)8-15(16,2)3/h5-7,13,17H,8-10H2,1-4H3. The maximum atomic E-state index is 9.79. The minimum atomic E-state index is -0.195. The number of aliphatic hydroxyl groups is 1. The van der Waals surface area contributed by atoms with Gasteiger partial charge in [0.2, 0.25) is 0 Å². The molecule has 1 fully saturated rings. The number of hydrogen-bond donors (Lipinski definition) is 1. The average molecular weight is 249 g/mol. The highest BCUT2D eigenvalue weighted by Gasteiger charge is 2.37. The fraction of sp³-hybridized carbons (Fsp3) is 0.600. The van der Waals surface area contributed by atoms with Gasteiger partial charge in [-0.2, -0.15) is 0 Å². The van der Waals surface area contributed by atoms with Gasteiger partial charge in [0.05, 0.1) is 13.2 Å². The van der Waals surface area contributed by atoms with Crippen molar-refractivity contribution in [3.8, 4) is 5.75 Å². The summed E-state index contributed by atoms with van der Waals surface area (Å²) in [6, 6.07) is 6.29. The first-order chi connectivity index (χ1) is 8.42. The maximum absolute atomic E-state index is 9.79. The van der Waals surface area contributed by atoms with Crippen molar-refractivity contribution in [3.63, 3.8) is 0 Å². The molecule has 1 aliphatic heterocycles. The summed E-state index contributed by atoms with van der Waals surface area (Å²) in [4.78, 5) is 2.35. The topological polar surface area (TPSA) is 32.7 Å². The van der Waals surface area contributed by atoms with Crippen molar-refractivity contribution in [2.45, 2.75) is 45.4 Å². The Morgan fingerprint density at radius 3 is 2.67 bits per heavy atom. The highest BCUT2D eigenvalue weighted by atomic mass is 16.5. The number of hydrogen-bond acceptors (Lipinski definition) is 3. The van der Waals surface area contributed by atoms with Crippen LogP contribution in [0.25, 0.3) is 0 Å². The molecule has 0 aromatic heterocycles. The first-order valence-electron chi connectivity index (χ1n) is 6.49. The second-order valence-corrected chi connectivity index (χ2v) is 5.85.